The van der Waals surface area contributed by atoms with Crippen LogP contribution in [0.5, 0.6) is 0 Å². The van der Waals surface area contributed by atoms with Crippen LogP contribution in [0.1, 0.15) is 25.0 Å². The maximum atomic E-state index is 12.7. The second kappa shape index (κ2) is 8.39. The number of anilines is 2. The minimum Gasteiger partial charge on any atom is -0.324 e. The smallest absolute Gasteiger partial charge is 0.271 e. The van der Waals surface area contributed by atoms with E-state index < -0.39 is 26.9 Å². The van der Waals surface area contributed by atoms with E-state index in [2.05, 4.69) is 5.32 Å². The summed E-state index contributed by atoms with van der Waals surface area (Å²) in [4.78, 5) is 23.2. The van der Waals surface area contributed by atoms with Gasteiger partial charge in [0.1, 0.15) is 6.04 Å². The molecule has 1 amide bonds. The number of sulfonamides is 1. The molecule has 0 radical (unpaired) electrons. The molecule has 0 aromatic heterocycles. The van der Waals surface area contributed by atoms with Crippen molar-refractivity contribution in [3.63, 3.8) is 0 Å². The van der Waals surface area contributed by atoms with E-state index in [4.69, 9.17) is 0 Å². The molecule has 0 saturated carbocycles. The number of amides is 1. The van der Waals surface area contributed by atoms with Gasteiger partial charge in [-0.1, -0.05) is 25.1 Å². The molecular weight excluding hydrogens is 382 g/mol. The Bertz CT molecular complexity index is 987. The maximum Gasteiger partial charge on any atom is 0.271 e. The van der Waals surface area contributed by atoms with Crippen molar-refractivity contribution in [1.82, 2.24) is 0 Å². The molecule has 1 unspecified atom stereocenters. The van der Waals surface area contributed by atoms with Crippen LogP contribution in [-0.4, -0.2) is 31.5 Å². The van der Waals surface area contributed by atoms with Crippen LogP contribution in [0.3, 0.4) is 0 Å². The monoisotopic (exact) mass is 405 g/mol. The molecule has 0 saturated heterocycles. The Labute approximate surface area is 164 Å². The van der Waals surface area contributed by atoms with Crippen molar-refractivity contribution in [3.8, 4) is 0 Å². The molecule has 2 aromatic rings. The number of benzene rings is 2. The highest BCUT2D eigenvalue weighted by atomic mass is 32.2. The van der Waals surface area contributed by atoms with Gasteiger partial charge in [-0.25, -0.2) is 8.42 Å². The second-order valence-electron chi connectivity index (χ2n) is 6.50. The topological polar surface area (TPSA) is 110 Å². The average Bonchev–Trinajstić information content (AvgIpc) is 2.62. The van der Waals surface area contributed by atoms with E-state index in [-0.39, 0.29) is 11.4 Å². The summed E-state index contributed by atoms with van der Waals surface area (Å²) in [5.41, 5.74) is 2.00. The lowest BCUT2D eigenvalue weighted by molar-refractivity contribution is -0.384. The number of hydrogen-bond acceptors (Lipinski definition) is 5. The largest absolute Gasteiger partial charge is 0.324 e. The summed E-state index contributed by atoms with van der Waals surface area (Å²) in [6.07, 6.45) is 1.82. The number of nitrogens with zero attached hydrogens (tertiary/aromatic N) is 2. The van der Waals surface area contributed by atoms with Crippen LogP contribution in [0.2, 0.25) is 0 Å². The zero-order valence-corrected chi connectivity index (χ0v) is 17.0. The first-order valence-corrected chi connectivity index (χ1v) is 10.5. The Balaban J connectivity index is 2.38. The van der Waals surface area contributed by atoms with Crippen molar-refractivity contribution in [3.05, 3.63) is 63.7 Å². The first-order chi connectivity index (χ1) is 13.0. The Morgan fingerprint density at radius 3 is 2.32 bits per heavy atom. The number of carbonyl (C=O) groups excluding carboxylic acids is 1. The van der Waals surface area contributed by atoms with Gasteiger partial charge in [0.05, 0.1) is 16.9 Å². The molecule has 150 valence electrons. The molecule has 28 heavy (non-hydrogen) atoms. The first kappa shape index (κ1) is 21.4. The van der Waals surface area contributed by atoms with Crippen LogP contribution < -0.4 is 9.62 Å². The van der Waals surface area contributed by atoms with Crippen LogP contribution in [0.25, 0.3) is 0 Å². The summed E-state index contributed by atoms with van der Waals surface area (Å²) < 4.78 is 25.8. The normalized spacial score (nSPS) is 12.3. The number of rotatable bonds is 7. The minimum absolute atomic E-state index is 0.0979. The van der Waals surface area contributed by atoms with E-state index in [0.29, 0.717) is 11.3 Å². The lowest BCUT2D eigenvalue weighted by atomic mass is 10.1. The van der Waals surface area contributed by atoms with Crippen molar-refractivity contribution in [1.29, 1.82) is 0 Å². The maximum absolute atomic E-state index is 12.7. The Kier molecular flexibility index (Phi) is 6.40. The highest BCUT2D eigenvalue weighted by Crippen LogP contribution is 2.29. The standard InChI is InChI=1S/C19H23N3O5S/c1-5-15-7-9-16(10-8-15)20-19(23)14(3)21(28(4,26)27)18-12-17(22(24)25)11-6-13(18)2/h6-12,14H,5H2,1-4H3,(H,20,23). The molecule has 0 bridgehead atoms. The van der Waals surface area contributed by atoms with Gasteiger partial charge in [-0.05, 0) is 43.5 Å². The molecule has 0 aliphatic carbocycles. The number of non-ortho nitro benzene ring substituents is 1. The summed E-state index contributed by atoms with van der Waals surface area (Å²) in [7, 11) is -3.88. The predicted octanol–water partition coefficient (Wildman–Crippen LogP) is 3.26. The van der Waals surface area contributed by atoms with E-state index in [1.807, 2.05) is 19.1 Å². The Morgan fingerprint density at radius 1 is 1.21 bits per heavy atom. The van der Waals surface area contributed by atoms with Crippen molar-refractivity contribution in [2.75, 3.05) is 15.9 Å². The molecule has 9 heteroatoms. The summed E-state index contributed by atoms with van der Waals surface area (Å²) in [6.45, 7) is 5.08. The van der Waals surface area contributed by atoms with Crippen LogP contribution in [0.4, 0.5) is 17.1 Å². The highest BCUT2D eigenvalue weighted by molar-refractivity contribution is 7.92. The third-order valence-electron chi connectivity index (χ3n) is 4.36. The van der Waals surface area contributed by atoms with Gasteiger partial charge in [-0.15, -0.1) is 0 Å². The molecule has 0 aliphatic heterocycles. The van der Waals surface area contributed by atoms with Crippen molar-refractivity contribution in [2.24, 2.45) is 0 Å². The van der Waals surface area contributed by atoms with Crippen LogP contribution >= 0.6 is 0 Å². The van der Waals surface area contributed by atoms with E-state index in [1.54, 1.807) is 19.1 Å². The highest BCUT2D eigenvalue weighted by Gasteiger charge is 2.31. The number of carbonyl (C=O) groups is 1. The minimum atomic E-state index is -3.88. The fourth-order valence-corrected chi connectivity index (χ4v) is 4.02. The number of nitro benzene ring substituents is 1. The number of hydrogen-bond donors (Lipinski definition) is 1. The predicted molar refractivity (Wildman–Crippen MR) is 109 cm³/mol. The summed E-state index contributed by atoms with van der Waals surface area (Å²) in [6, 6.07) is 10.0. The van der Waals surface area contributed by atoms with Crippen LogP contribution in [0, 0.1) is 17.0 Å². The van der Waals surface area contributed by atoms with Crippen LogP contribution in [0.15, 0.2) is 42.5 Å². The molecule has 2 aromatic carbocycles. The van der Waals surface area contributed by atoms with Crippen LogP contribution in [-0.2, 0) is 21.2 Å². The quantitative estimate of drug-likeness (QED) is 0.562. The molecular formula is C19H23N3O5S. The van der Waals surface area contributed by atoms with Crippen molar-refractivity contribution < 1.29 is 18.1 Å². The first-order valence-electron chi connectivity index (χ1n) is 8.68. The third kappa shape index (κ3) is 4.86. The van der Waals surface area contributed by atoms with Gasteiger partial charge in [0.25, 0.3) is 5.69 Å². The SMILES string of the molecule is CCc1ccc(NC(=O)C(C)N(c2cc([N+](=O)[O-])ccc2C)S(C)(=O)=O)cc1. The summed E-state index contributed by atoms with van der Waals surface area (Å²) in [5.74, 6) is -0.541. The van der Waals surface area contributed by atoms with E-state index >= 15 is 0 Å². The zero-order valence-electron chi connectivity index (χ0n) is 16.2. The summed E-state index contributed by atoms with van der Waals surface area (Å²) in [5, 5.41) is 13.8. The fourth-order valence-electron chi connectivity index (χ4n) is 2.80. The van der Waals surface area contributed by atoms with Gasteiger partial charge < -0.3 is 5.32 Å². The molecule has 1 atom stereocenters. The van der Waals surface area contributed by atoms with E-state index in [0.717, 1.165) is 28.6 Å². The Hall–Kier alpha value is -2.94. The van der Waals surface area contributed by atoms with Gasteiger partial charge in [0, 0.05) is 17.8 Å². The number of nitrogens with one attached hydrogen (secondary N) is 1. The molecule has 0 heterocycles. The number of aryl methyl sites for hydroxylation is 2. The molecule has 1 N–H and O–H groups in total. The zero-order chi connectivity index (χ0) is 21.1. The third-order valence-corrected chi connectivity index (χ3v) is 5.59. The van der Waals surface area contributed by atoms with Gasteiger partial charge in [-0.2, -0.15) is 0 Å². The van der Waals surface area contributed by atoms with E-state index in [9.17, 15) is 23.3 Å². The van der Waals surface area contributed by atoms with Crippen molar-refractivity contribution in [2.45, 2.75) is 33.2 Å². The van der Waals surface area contributed by atoms with Crippen molar-refractivity contribution >= 4 is 33.0 Å². The summed E-state index contributed by atoms with van der Waals surface area (Å²) >= 11 is 0. The lowest BCUT2D eigenvalue weighted by Gasteiger charge is -2.29. The second-order valence-corrected chi connectivity index (χ2v) is 8.36. The Morgan fingerprint density at radius 2 is 1.82 bits per heavy atom. The van der Waals surface area contributed by atoms with Gasteiger partial charge in [-0.3, -0.25) is 19.2 Å². The average molecular weight is 405 g/mol. The van der Waals surface area contributed by atoms with Gasteiger partial charge >= 0.3 is 0 Å². The molecule has 8 nitrogen and oxygen atoms in total. The molecule has 2 rings (SSSR count). The van der Waals surface area contributed by atoms with E-state index in [1.165, 1.54) is 19.1 Å². The lowest BCUT2D eigenvalue weighted by Crippen LogP contribution is -2.45. The number of nitro groups is 1. The van der Waals surface area contributed by atoms with Gasteiger partial charge in [0.2, 0.25) is 15.9 Å². The molecule has 0 fully saturated rings. The molecule has 0 aliphatic rings. The molecule has 0 spiro atoms. The van der Waals surface area contributed by atoms with Gasteiger partial charge in [0.15, 0.2) is 0 Å². The fraction of sp³-hybridized carbons (Fsp3) is 0.316.